The first-order chi connectivity index (χ1) is 20.2. The molecule has 232 valence electrons. The summed E-state index contributed by atoms with van der Waals surface area (Å²) in [6.07, 6.45) is -3.80. The molecule has 0 saturated heterocycles. The summed E-state index contributed by atoms with van der Waals surface area (Å²) in [6, 6.07) is 18.6. The predicted octanol–water partition coefficient (Wildman–Crippen LogP) is 4.89. The maximum absolute atomic E-state index is 14.1. The van der Waals surface area contributed by atoms with Crippen molar-refractivity contribution in [3.8, 4) is 5.75 Å². The summed E-state index contributed by atoms with van der Waals surface area (Å²) in [4.78, 5) is 29.0. The number of hydrogen-bond acceptors (Lipinski definition) is 5. The van der Waals surface area contributed by atoms with Crippen molar-refractivity contribution in [1.82, 2.24) is 10.2 Å². The Morgan fingerprint density at radius 1 is 0.930 bits per heavy atom. The Morgan fingerprint density at radius 3 is 2.19 bits per heavy atom. The Labute approximate surface area is 250 Å². The van der Waals surface area contributed by atoms with Gasteiger partial charge in [0.05, 0.1) is 24.6 Å². The molecule has 43 heavy (non-hydrogen) atoms. The van der Waals surface area contributed by atoms with E-state index in [0.717, 1.165) is 24.0 Å². The first-order valence-corrected chi connectivity index (χ1v) is 15.4. The van der Waals surface area contributed by atoms with E-state index in [-0.39, 0.29) is 24.6 Å². The normalized spacial score (nSPS) is 12.5. The minimum atomic E-state index is -4.73. The van der Waals surface area contributed by atoms with E-state index in [0.29, 0.717) is 28.2 Å². The van der Waals surface area contributed by atoms with Crippen molar-refractivity contribution in [2.45, 2.75) is 39.0 Å². The average molecular weight is 620 g/mol. The lowest BCUT2D eigenvalue weighted by Crippen LogP contribution is -2.53. The summed E-state index contributed by atoms with van der Waals surface area (Å²) in [6.45, 7) is 3.26. The molecule has 0 aliphatic rings. The number of carbonyl (C=O) groups is 2. The number of carbonyl (C=O) groups excluding carboxylic acids is 2. The summed E-state index contributed by atoms with van der Waals surface area (Å²) in [5, 5.41) is 2.87. The van der Waals surface area contributed by atoms with Crippen molar-refractivity contribution < 1.29 is 35.9 Å². The van der Waals surface area contributed by atoms with Gasteiger partial charge in [0, 0.05) is 19.5 Å². The van der Waals surface area contributed by atoms with Crippen LogP contribution in [0.3, 0.4) is 0 Å². The SMILES string of the molecule is COc1cccc(CN(C(=O)CN(c2cccc(C(F)(F)F)c2)S(C)(=O)=O)C(Cc2ccccc2)C(=O)NCC(C)C)c1. The van der Waals surface area contributed by atoms with Crippen LogP contribution in [0.2, 0.25) is 0 Å². The molecule has 0 heterocycles. The minimum Gasteiger partial charge on any atom is -0.497 e. The molecule has 3 aromatic carbocycles. The molecule has 0 fully saturated rings. The first kappa shape index (κ1) is 33.4. The second-order valence-electron chi connectivity index (χ2n) is 10.5. The van der Waals surface area contributed by atoms with Crippen LogP contribution in [0.4, 0.5) is 18.9 Å². The van der Waals surface area contributed by atoms with Gasteiger partial charge in [-0.3, -0.25) is 13.9 Å². The summed E-state index contributed by atoms with van der Waals surface area (Å²) in [7, 11) is -2.74. The van der Waals surface area contributed by atoms with Crippen LogP contribution in [0, 0.1) is 5.92 Å². The number of nitrogens with one attached hydrogen (secondary N) is 1. The highest BCUT2D eigenvalue weighted by Gasteiger charge is 2.35. The van der Waals surface area contributed by atoms with Crippen molar-refractivity contribution in [3.63, 3.8) is 0 Å². The highest BCUT2D eigenvalue weighted by atomic mass is 32.2. The van der Waals surface area contributed by atoms with Gasteiger partial charge in [0.25, 0.3) is 0 Å². The van der Waals surface area contributed by atoms with Gasteiger partial charge in [0.15, 0.2) is 0 Å². The number of sulfonamides is 1. The molecule has 1 atom stereocenters. The Balaban J connectivity index is 2.09. The van der Waals surface area contributed by atoms with Crippen molar-refractivity contribution >= 4 is 27.5 Å². The second-order valence-corrected chi connectivity index (χ2v) is 12.4. The molecule has 1 N–H and O–H groups in total. The predicted molar refractivity (Wildman–Crippen MR) is 159 cm³/mol. The average Bonchev–Trinajstić information content (AvgIpc) is 2.96. The molecule has 0 aromatic heterocycles. The topological polar surface area (TPSA) is 96.0 Å². The van der Waals surface area contributed by atoms with E-state index in [2.05, 4.69) is 5.32 Å². The Bertz CT molecular complexity index is 1500. The van der Waals surface area contributed by atoms with Crippen molar-refractivity contribution in [2.75, 3.05) is 30.8 Å². The number of anilines is 1. The van der Waals surface area contributed by atoms with E-state index in [1.54, 1.807) is 36.4 Å². The highest BCUT2D eigenvalue weighted by molar-refractivity contribution is 7.92. The number of nitrogens with zero attached hydrogens (tertiary/aromatic N) is 2. The molecule has 8 nitrogen and oxygen atoms in total. The molecule has 0 aliphatic heterocycles. The largest absolute Gasteiger partial charge is 0.497 e. The van der Waals surface area contributed by atoms with Gasteiger partial charge >= 0.3 is 6.18 Å². The van der Waals surface area contributed by atoms with Gasteiger partial charge in [-0.05, 0) is 47.4 Å². The van der Waals surface area contributed by atoms with Crippen molar-refractivity contribution in [2.24, 2.45) is 5.92 Å². The maximum atomic E-state index is 14.1. The van der Waals surface area contributed by atoms with E-state index >= 15 is 0 Å². The number of amides is 2. The van der Waals surface area contributed by atoms with Gasteiger partial charge in [-0.1, -0.05) is 62.4 Å². The van der Waals surface area contributed by atoms with E-state index in [4.69, 9.17) is 4.74 Å². The van der Waals surface area contributed by atoms with Crippen LogP contribution in [-0.4, -0.2) is 57.6 Å². The van der Waals surface area contributed by atoms with Crippen LogP contribution >= 0.6 is 0 Å². The summed E-state index contributed by atoms with van der Waals surface area (Å²) < 4.78 is 72.0. The number of rotatable bonds is 13. The maximum Gasteiger partial charge on any atom is 0.416 e. The lowest BCUT2D eigenvalue weighted by Gasteiger charge is -2.33. The third kappa shape index (κ3) is 9.74. The number of methoxy groups -OCH3 is 1. The Hall–Kier alpha value is -4.06. The molecule has 0 spiro atoms. The molecule has 0 aliphatic carbocycles. The molecule has 1 unspecified atom stereocenters. The number of alkyl halides is 3. The third-order valence-electron chi connectivity index (χ3n) is 6.58. The number of hydrogen-bond donors (Lipinski definition) is 1. The summed E-state index contributed by atoms with van der Waals surface area (Å²) >= 11 is 0. The zero-order valence-electron chi connectivity index (χ0n) is 24.5. The van der Waals surface area contributed by atoms with Gasteiger partial charge in [-0.15, -0.1) is 0 Å². The highest BCUT2D eigenvalue weighted by Crippen LogP contribution is 2.32. The molecule has 12 heteroatoms. The van der Waals surface area contributed by atoms with E-state index in [1.807, 2.05) is 32.0 Å². The molecule has 0 radical (unpaired) electrons. The van der Waals surface area contributed by atoms with E-state index in [1.165, 1.54) is 18.1 Å². The van der Waals surface area contributed by atoms with Gasteiger partial charge in [-0.25, -0.2) is 8.42 Å². The fourth-order valence-corrected chi connectivity index (χ4v) is 5.24. The number of benzene rings is 3. The third-order valence-corrected chi connectivity index (χ3v) is 7.72. The molecular weight excluding hydrogens is 583 g/mol. The van der Waals surface area contributed by atoms with Crippen LogP contribution in [-0.2, 0) is 38.8 Å². The van der Waals surface area contributed by atoms with E-state index in [9.17, 15) is 31.2 Å². The summed E-state index contributed by atoms with van der Waals surface area (Å²) in [5.41, 5.74) is -0.0221. The van der Waals surface area contributed by atoms with Crippen molar-refractivity contribution in [3.05, 3.63) is 95.6 Å². The standard InChI is InChI=1S/C31H36F3N3O5S/c1-22(2)19-35-30(39)28(17-23-10-6-5-7-11-23)36(20-24-12-8-15-27(16-24)42-3)29(38)21-37(43(4,40)41)26-14-9-13-25(18-26)31(32,33)34/h5-16,18,22,28H,17,19-21H2,1-4H3,(H,35,39). The monoisotopic (exact) mass is 619 g/mol. The van der Waals surface area contributed by atoms with Gasteiger partial charge in [0.1, 0.15) is 18.3 Å². The zero-order chi connectivity index (χ0) is 31.8. The molecule has 0 saturated carbocycles. The lowest BCUT2D eigenvalue weighted by molar-refractivity contribution is -0.140. The van der Waals surface area contributed by atoms with Gasteiger partial charge in [-0.2, -0.15) is 13.2 Å². The molecular formula is C31H36F3N3O5S. The smallest absolute Gasteiger partial charge is 0.416 e. The first-order valence-electron chi connectivity index (χ1n) is 13.6. The van der Waals surface area contributed by atoms with Crippen LogP contribution in [0.5, 0.6) is 5.75 Å². The fourth-order valence-electron chi connectivity index (χ4n) is 4.40. The van der Waals surface area contributed by atoms with Crippen molar-refractivity contribution in [1.29, 1.82) is 0 Å². The van der Waals surface area contributed by atoms with Gasteiger partial charge in [0.2, 0.25) is 21.8 Å². The molecule has 3 rings (SSSR count). The zero-order valence-corrected chi connectivity index (χ0v) is 25.3. The lowest BCUT2D eigenvalue weighted by atomic mass is 10.0. The fraction of sp³-hybridized carbons (Fsp3) is 0.355. The second kappa shape index (κ2) is 14.4. The Morgan fingerprint density at radius 2 is 1.58 bits per heavy atom. The number of halogens is 3. The van der Waals surface area contributed by atoms with Crippen LogP contribution in [0.25, 0.3) is 0 Å². The molecule has 2 amide bonds. The van der Waals surface area contributed by atoms with E-state index < -0.39 is 46.2 Å². The van der Waals surface area contributed by atoms with Gasteiger partial charge < -0.3 is 15.0 Å². The summed E-state index contributed by atoms with van der Waals surface area (Å²) in [5.74, 6) is -0.592. The van der Waals surface area contributed by atoms with Crippen LogP contribution in [0.15, 0.2) is 78.9 Å². The quantitative estimate of drug-likeness (QED) is 0.294. The van der Waals surface area contributed by atoms with Crippen LogP contribution < -0.4 is 14.4 Å². The minimum absolute atomic E-state index is 0.0944. The molecule has 0 bridgehead atoms. The van der Waals surface area contributed by atoms with Crippen LogP contribution in [0.1, 0.15) is 30.5 Å². The molecule has 3 aromatic rings. The number of ether oxygens (including phenoxy) is 1. The Kier molecular flexibility index (Phi) is 11.2.